The normalized spacial score (nSPS) is 12.7. The van der Waals surface area contributed by atoms with Gasteiger partial charge in [0.15, 0.2) is 0 Å². The average molecular weight is 251 g/mol. The third-order valence-electron chi connectivity index (χ3n) is 3.51. The Morgan fingerprint density at radius 3 is 2.47 bits per heavy atom. The number of rotatable bonds is 3. The van der Waals surface area contributed by atoms with Gasteiger partial charge in [-0.15, -0.1) is 0 Å². The summed E-state index contributed by atoms with van der Waals surface area (Å²) in [5.74, 6) is 1.03. The average Bonchev–Trinajstić information content (AvgIpc) is 2.77. The van der Waals surface area contributed by atoms with Gasteiger partial charge in [-0.2, -0.15) is 0 Å². The fraction of sp³-hybridized carbons (Fsp3) is 0.188. The molecule has 0 saturated carbocycles. The zero-order valence-electron chi connectivity index (χ0n) is 11.0. The van der Waals surface area contributed by atoms with Gasteiger partial charge in [-0.1, -0.05) is 42.5 Å². The van der Waals surface area contributed by atoms with E-state index >= 15 is 0 Å². The summed E-state index contributed by atoms with van der Waals surface area (Å²) < 4.78 is 2.12. The Labute approximate surface area is 112 Å². The molecule has 0 radical (unpaired) electrons. The van der Waals surface area contributed by atoms with Crippen molar-refractivity contribution in [2.24, 2.45) is 12.8 Å². The van der Waals surface area contributed by atoms with Crippen LogP contribution >= 0.6 is 0 Å². The van der Waals surface area contributed by atoms with Crippen molar-refractivity contribution in [2.45, 2.75) is 12.5 Å². The van der Waals surface area contributed by atoms with Gasteiger partial charge in [-0.25, -0.2) is 4.98 Å². The van der Waals surface area contributed by atoms with E-state index in [9.17, 15) is 0 Å². The topological polar surface area (TPSA) is 43.8 Å². The highest BCUT2D eigenvalue weighted by molar-refractivity contribution is 5.75. The molecule has 96 valence electrons. The second-order valence-electron chi connectivity index (χ2n) is 4.80. The van der Waals surface area contributed by atoms with Crippen molar-refractivity contribution in [1.29, 1.82) is 0 Å². The Bertz CT molecular complexity index is 686. The third-order valence-corrected chi connectivity index (χ3v) is 3.51. The van der Waals surface area contributed by atoms with Crippen molar-refractivity contribution in [2.75, 3.05) is 0 Å². The molecule has 1 atom stereocenters. The lowest BCUT2D eigenvalue weighted by molar-refractivity contribution is 0.665. The number of aromatic nitrogens is 2. The first-order valence-corrected chi connectivity index (χ1v) is 6.46. The molecule has 3 rings (SSSR count). The van der Waals surface area contributed by atoms with E-state index in [-0.39, 0.29) is 6.04 Å². The summed E-state index contributed by atoms with van der Waals surface area (Å²) in [6, 6.07) is 18.3. The number of hydrogen-bond acceptors (Lipinski definition) is 2. The molecule has 0 amide bonds. The summed E-state index contributed by atoms with van der Waals surface area (Å²) >= 11 is 0. The number of nitrogens with two attached hydrogens (primary N) is 1. The minimum absolute atomic E-state index is 0.0169. The summed E-state index contributed by atoms with van der Waals surface area (Å²) in [6.07, 6.45) is 0.745. The Hall–Kier alpha value is -2.13. The predicted octanol–water partition coefficient (Wildman–Crippen LogP) is 2.82. The predicted molar refractivity (Wildman–Crippen MR) is 77.8 cm³/mol. The second-order valence-corrected chi connectivity index (χ2v) is 4.80. The molecule has 0 unspecified atom stereocenters. The second kappa shape index (κ2) is 4.86. The lowest BCUT2D eigenvalue weighted by Crippen LogP contribution is -2.15. The molecule has 0 fully saturated rings. The fourth-order valence-electron chi connectivity index (χ4n) is 2.39. The summed E-state index contributed by atoms with van der Waals surface area (Å²) in [7, 11) is 2.04. The Kier molecular flexibility index (Phi) is 3.05. The SMILES string of the molecule is Cn1c(C[C@@H](N)c2ccccc2)nc2ccccc21. The fourth-order valence-corrected chi connectivity index (χ4v) is 2.39. The van der Waals surface area contributed by atoms with Crippen LogP contribution in [0.5, 0.6) is 0 Å². The van der Waals surface area contributed by atoms with Gasteiger partial charge in [-0.05, 0) is 17.7 Å². The number of para-hydroxylation sites is 2. The summed E-state index contributed by atoms with van der Waals surface area (Å²) in [6.45, 7) is 0. The summed E-state index contributed by atoms with van der Waals surface area (Å²) in [4.78, 5) is 4.66. The number of benzene rings is 2. The Balaban J connectivity index is 1.91. The standard InChI is InChI=1S/C16H17N3/c1-19-15-10-6-5-9-14(15)18-16(19)11-13(17)12-7-3-2-4-8-12/h2-10,13H,11,17H2,1H3/t13-/m1/s1. The smallest absolute Gasteiger partial charge is 0.111 e. The molecule has 3 nitrogen and oxygen atoms in total. The molecule has 3 heteroatoms. The molecule has 0 spiro atoms. The molecule has 0 aliphatic rings. The monoisotopic (exact) mass is 251 g/mol. The highest BCUT2D eigenvalue weighted by atomic mass is 15.1. The van der Waals surface area contributed by atoms with Gasteiger partial charge in [0.05, 0.1) is 11.0 Å². The van der Waals surface area contributed by atoms with Crippen LogP contribution in [0.1, 0.15) is 17.4 Å². The molecule has 19 heavy (non-hydrogen) atoms. The maximum Gasteiger partial charge on any atom is 0.111 e. The van der Waals surface area contributed by atoms with Gasteiger partial charge in [-0.3, -0.25) is 0 Å². The molecule has 0 saturated heterocycles. The van der Waals surface area contributed by atoms with E-state index in [0.29, 0.717) is 0 Å². The lowest BCUT2D eigenvalue weighted by atomic mass is 10.0. The van der Waals surface area contributed by atoms with Gasteiger partial charge in [0, 0.05) is 19.5 Å². The van der Waals surface area contributed by atoms with Crippen molar-refractivity contribution < 1.29 is 0 Å². The highest BCUT2D eigenvalue weighted by Crippen LogP contribution is 2.19. The van der Waals surface area contributed by atoms with Crippen LogP contribution in [-0.2, 0) is 13.5 Å². The number of fused-ring (bicyclic) bond motifs is 1. The highest BCUT2D eigenvalue weighted by Gasteiger charge is 2.12. The van der Waals surface area contributed by atoms with Crippen LogP contribution in [0.15, 0.2) is 54.6 Å². The van der Waals surface area contributed by atoms with Gasteiger partial charge in [0.2, 0.25) is 0 Å². The van der Waals surface area contributed by atoms with E-state index in [0.717, 1.165) is 28.8 Å². The van der Waals surface area contributed by atoms with Crippen LogP contribution < -0.4 is 5.73 Å². The zero-order valence-corrected chi connectivity index (χ0v) is 11.0. The molecule has 2 aromatic carbocycles. The first-order chi connectivity index (χ1) is 9.25. The molecule has 0 aliphatic heterocycles. The number of hydrogen-bond donors (Lipinski definition) is 1. The Morgan fingerprint density at radius 2 is 1.74 bits per heavy atom. The molecular weight excluding hydrogens is 234 g/mol. The maximum absolute atomic E-state index is 6.26. The van der Waals surface area contributed by atoms with E-state index in [1.165, 1.54) is 0 Å². The summed E-state index contributed by atoms with van der Waals surface area (Å²) in [5.41, 5.74) is 9.59. The zero-order chi connectivity index (χ0) is 13.2. The number of imidazole rings is 1. The molecular formula is C16H17N3. The molecule has 1 heterocycles. The van der Waals surface area contributed by atoms with Crippen molar-refractivity contribution in [3.8, 4) is 0 Å². The van der Waals surface area contributed by atoms with Gasteiger partial charge >= 0.3 is 0 Å². The van der Waals surface area contributed by atoms with Crippen molar-refractivity contribution in [1.82, 2.24) is 9.55 Å². The molecule has 0 bridgehead atoms. The van der Waals surface area contributed by atoms with Crippen LogP contribution in [0, 0.1) is 0 Å². The van der Waals surface area contributed by atoms with E-state index in [1.54, 1.807) is 0 Å². The quantitative estimate of drug-likeness (QED) is 0.778. The van der Waals surface area contributed by atoms with Crippen molar-refractivity contribution in [3.63, 3.8) is 0 Å². The van der Waals surface area contributed by atoms with Crippen LogP contribution in [0.25, 0.3) is 11.0 Å². The number of aryl methyl sites for hydroxylation is 1. The van der Waals surface area contributed by atoms with Crippen molar-refractivity contribution >= 4 is 11.0 Å². The van der Waals surface area contributed by atoms with Gasteiger partial charge in [0.25, 0.3) is 0 Å². The molecule has 3 aromatic rings. The first-order valence-electron chi connectivity index (χ1n) is 6.46. The largest absolute Gasteiger partial charge is 0.331 e. The lowest BCUT2D eigenvalue weighted by Gasteiger charge is -2.11. The molecule has 0 aliphatic carbocycles. The molecule has 2 N–H and O–H groups in total. The van der Waals surface area contributed by atoms with Gasteiger partial charge in [0.1, 0.15) is 5.82 Å². The van der Waals surface area contributed by atoms with E-state index < -0.39 is 0 Å². The maximum atomic E-state index is 6.26. The van der Waals surface area contributed by atoms with E-state index in [2.05, 4.69) is 27.8 Å². The van der Waals surface area contributed by atoms with Crippen LogP contribution in [0.4, 0.5) is 0 Å². The minimum Gasteiger partial charge on any atom is -0.331 e. The van der Waals surface area contributed by atoms with Crippen LogP contribution in [0.3, 0.4) is 0 Å². The number of nitrogens with zero attached hydrogens (tertiary/aromatic N) is 2. The van der Waals surface area contributed by atoms with E-state index in [1.807, 2.05) is 43.4 Å². The first kappa shape index (κ1) is 11.9. The molecule has 1 aromatic heterocycles. The summed E-state index contributed by atoms with van der Waals surface area (Å²) in [5, 5.41) is 0. The third kappa shape index (κ3) is 2.25. The van der Waals surface area contributed by atoms with Crippen molar-refractivity contribution in [3.05, 3.63) is 66.0 Å². The van der Waals surface area contributed by atoms with Gasteiger partial charge < -0.3 is 10.3 Å². The minimum atomic E-state index is -0.0169. The van der Waals surface area contributed by atoms with Crippen LogP contribution in [0.2, 0.25) is 0 Å². The van der Waals surface area contributed by atoms with E-state index in [4.69, 9.17) is 5.73 Å². The Morgan fingerprint density at radius 1 is 1.05 bits per heavy atom. The van der Waals surface area contributed by atoms with Crippen LogP contribution in [-0.4, -0.2) is 9.55 Å².